The van der Waals surface area contributed by atoms with E-state index in [4.69, 9.17) is 14.5 Å². The Morgan fingerprint density at radius 2 is 2.10 bits per heavy atom. The maximum absolute atomic E-state index is 13.6. The summed E-state index contributed by atoms with van der Waals surface area (Å²) in [6.07, 6.45) is -2.33. The van der Waals surface area contributed by atoms with Gasteiger partial charge in [-0.25, -0.2) is 14.0 Å². The lowest BCUT2D eigenvalue weighted by Crippen LogP contribution is -2.34. The maximum atomic E-state index is 13.6. The summed E-state index contributed by atoms with van der Waals surface area (Å²) in [5, 5.41) is 0. The monoisotopic (exact) mass is 324 g/mol. The summed E-state index contributed by atoms with van der Waals surface area (Å²) in [5.41, 5.74) is -3.87. The van der Waals surface area contributed by atoms with Crippen LogP contribution in [0.5, 0.6) is 0 Å². The number of carbonyl (C=O) groups excluding carboxylic acids is 1. The van der Waals surface area contributed by atoms with Crippen LogP contribution in [0.2, 0.25) is 0 Å². The first-order chi connectivity index (χ1) is 9.79. The molecule has 0 saturated carbocycles. The molecule has 1 aromatic rings. The van der Waals surface area contributed by atoms with Crippen LogP contribution in [0.25, 0.3) is 0 Å². The molecule has 12 heteroatoms. The van der Waals surface area contributed by atoms with Gasteiger partial charge in [-0.3, -0.25) is 14.3 Å². The van der Waals surface area contributed by atoms with E-state index in [9.17, 15) is 23.2 Å². The van der Waals surface area contributed by atoms with E-state index in [0.29, 0.717) is 16.8 Å². The van der Waals surface area contributed by atoms with Crippen molar-refractivity contribution in [3.8, 4) is 0 Å². The molecule has 0 saturated heterocycles. The van der Waals surface area contributed by atoms with Gasteiger partial charge in [0.1, 0.15) is 0 Å². The zero-order valence-corrected chi connectivity index (χ0v) is 10.8. The van der Waals surface area contributed by atoms with Gasteiger partial charge < -0.3 is 19.3 Å². The molecule has 2 rings (SSSR count). The molecule has 114 valence electrons. The quantitative estimate of drug-likeness (QED) is 0.657. The van der Waals surface area contributed by atoms with Crippen LogP contribution in [0.1, 0.15) is 6.23 Å². The summed E-state index contributed by atoms with van der Waals surface area (Å²) in [7, 11) is -3.05. The minimum absolute atomic E-state index is 0.400. The second-order valence-electron chi connectivity index (χ2n) is 3.73. The summed E-state index contributed by atoms with van der Waals surface area (Å²) in [6, 6.07) is 0. The van der Waals surface area contributed by atoms with E-state index in [-0.39, 0.29) is 0 Å². The van der Waals surface area contributed by atoms with Gasteiger partial charge in [0.15, 0.2) is 12.1 Å². The zero-order chi connectivity index (χ0) is 15.7. The van der Waals surface area contributed by atoms with Crippen molar-refractivity contribution in [1.29, 1.82) is 0 Å². The predicted octanol–water partition coefficient (Wildman–Crippen LogP) is -0.183. The van der Waals surface area contributed by atoms with E-state index in [1.807, 2.05) is 0 Å². The number of rotatable bonds is 3. The van der Waals surface area contributed by atoms with Crippen molar-refractivity contribution < 1.29 is 32.8 Å². The number of aromatic nitrogens is 2. The van der Waals surface area contributed by atoms with Crippen molar-refractivity contribution >= 4 is 14.1 Å². The lowest BCUT2D eigenvalue weighted by atomic mass is 10.4. The number of H-pyrrole nitrogens is 1. The van der Waals surface area contributed by atoms with E-state index in [2.05, 4.69) is 4.74 Å². The first kappa shape index (κ1) is 15.4. The normalized spacial score (nSPS) is 21.5. The number of nitrogens with zero attached hydrogens (tertiary/aromatic N) is 1. The Morgan fingerprint density at radius 1 is 1.43 bits per heavy atom. The Labute approximate surface area is 115 Å². The second-order valence-corrected chi connectivity index (χ2v) is 4.67. The SMILES string of the molecule is O=C(O[C@@H]1C=C(F)[C@H](n2cc(F)c(=O)[nH]c2=O)O1)P(O)O. The highest BCUT2D eigenvalue weighted by Gasteiger charge is 2.33. The molecule has 0 aliphatic carbocycles. The van der Waals surface area contributed by atoms with Crippen LogP contribution >= 0.6 is 8.38 Å². The van der Waals surface area contributed by atoms with Crippen molar-refractivity contribution in [1.82, 2.24) is 9.55 Å². The lowest BCUT2D eigenvalue weighted by Gasteiger charge is -2.16. The van der Waals surface area contributed by atoms with Crippen LogP contribution in [-0.2, 0) is 9.47 Å². The maximum Gasteiger partial charge on any atom is 0.386 e. The summed E-state index contributed by atoms with van der Waals surface area (Å²) >= 11 is 0. The Morgan fingerprint density at radius 3 is 2.71 bits per heavy atom. The molecule has 0 radical (unpaired) electrons. The van der Waals surface area contributed by atoms with Gasteiger partial charge in [-0.05, 0) is 0 Å². The van der Waals surface area contributed by atoms with E-state index in [1.165, 1.54) is 0 Å². The molecular formula is C9H7F2N2O7P. The number of ether oxygens (including phenoxy) is 2. The van der Waals surface area contributed by atoms with Crippen LogP contribution in [-0.4, -0.2) is 31.3 Å². The van der Waals surface area contributed by atoms with Gasteiger partial charge in [0, 0.05) is 6.08 Å². The van der Waals surface area contributed by atoms with Crippen molar-refractivity contribution in [3.63, 3.8) is 0 Å². The molecule has 0 fully saturated rings. The highest BCUT2D eigenvalue weighted by atomic mass is 31.2. The molecule has 9 nitrogen and oxygen atoms in total. The van der Waals surface area contributed by atoms with Crippen LogP contribution in [0, 0.1) is 5.82 Å². The molecule has 1 aliphatic heterocycles. The fourth-order valence-corrected chi connectivity index (χ4v) is 1.68. The first-order valence-corrected chi connectivity index (χ1v) is 6.46. The van der Waals surface area contributed by atoms with Gasteiger partial charge in [-0.15, -0.1) is 0 Å². The minimum atomic E-state index is -3.05. The predicted molar refractivity (Wildman–Crippen MR) is 62.2 cm³/mol. The van der Waals surface area contributed by atoms with E-state index in [1.54, 1.807) is 4.98 Å². The van der Waals surface area contributed by atoms with Crippen LogP contribution in [0.15, 0.2) is 27.7 Å². The average molecular weight is 324 g/mol. The number of hydrogen-bond acceptors (Lipinski definition) is 7. The molecular weight excluding hydrogens is 317 g/mol. The van der Waals surface area contributed by atoms with Crippen molar-refractivity contribution in [2.45, 2.75) is 12.5 Å². The van der Waals surface area contributed by atoms with Crippen LogP contribution < -0.4 is 11.2 Å². The highest BCUT2D eigenvalue weighted by molar-refractivity contribution is 7.63. The van der Waals surface area contributed by atoms with Crippen LogP contribution in [0.4, 0.5) is 13.6 Å². The number of halogens is 2. The highest BCUT2D eigenvalue weighted by Crippen LogP contribution is 2.33. The minimum Gasteiger partial charge on any atom is -0.425 e. The van der Waals surface area contributed by atoms with Gasteiger partial charge >= 0.3 is 11.4 Å². The van der Waals surface area contributed by atoms with E-state index < -0.39 is 49.5 Å². The van der Waals surface area contributed by atoms with E-state index in [0.717, 1.165) is 0 Å². The molecule has 0 spiro atoms. The number of nitrogens with one attached hydrogen (secondary N) is 1. The lowest BCUT2D eigenvalue weighted by molar-refractivity contribution is -0.104. The molecule has 0 unspecified atom stereocenters. The molecule has 2 atom stereocenters. The Kier molecular flexibility index (Phi) is 4.28. The third kappa shape index (κ3) is 3.22. The fourth-order valence-electron chi connectivity index (χ4n) is 1.49. The molecule has 3 N–H and O–H groups in total. The molecule has 0 amide bonds. The topological polar surface area (TPSA) is 131 Å². The van der Waals surface area contributed by atoms with Gasteiger partial charge in [0.05, 0.1) is 6.20 Å². The van der Waals surface area contributed by atoms with Crippen molar-refractivity contribution in [2.75, 3.05) is 0 Å². The summed E-state index contributed by atoms with van der Waals surface area (Å²) in [5.74, 6) is -2.44. The molecule has 0 bridgehead atoms. The summed E-state index contributed by atoms with van der Waals surface area (Å²) < 4.78 is 36.3. The largest absolute Gasteiger partial charge is 0.425 e. The Hall–Kier alpha value is -1.94. The summed E-state index contributed by atoms with van der Waals surface area (Å²) in [4.78, 5) is 52.0. The Bertz CT molecular complexity index is 713. The molecule has 1 aromatic heterocycles. The number of carbonyl (C=O) groups is 1. The van der Waals surface area contributed by atoms with Crippen LogP contribution in [0.3, 0.4) is 0 Å². The van der Waals surface area contributed by atoms with Gasteiger partial charge in [-0.1, -0.05) is 0 Å². The third-order valence-electron chi connectivity index (χ3n) is 2.35. The van der Waals surface area contributed by atoms with Gasteiger partial charge in [0.2, 0.25) is 12.1 Å². The summed E-state index contributed by atoms with van der Waals surface area (Å²) in [6.45, 7) is 0. The molecule has 1 aliphatic rings. The second kappa shape index (κ2) is 5.82. The number of aromatic amines is 1. The third-order valence-corrected chi connectivity index (χ3v) is 2.78. The number of hydrogen-bond donors (Lipinski definition) is 3. The van der Waals surface area contributed by atoms with Gasteiger partial charge in [0.25, 0.3) is 13.9 Å². The fraction of sp³-hybridized carbons (Fsp3) is 0.222. The smallest absolute Gasteiger partial charge is 0.386 e. The average Bonchev–Trinajstić information content (AvgIpc) is 2.74. The first-order valence-electron chi connectivity index (χ1n) is 5.21. The molecule has 0 aromatic carbocycles. The standard InChI is InChI=1S/C9H7F2N2O7P/c10-3-1-5(20-9(16)21(17)18)19-7(3)13-2-4(11)6(14)12-8(13)15/h1-2,5,7,17-18H,(H,12,14,15)/t5-,7-/m1/s1. The zero-order valence-electron chi connectivity index (χ0n) is 9.90. The van der Waals surface area contributed by atoms with Gasteiger partial charge in [-0.2, -0.15) is 4.39 Å². The van der Waals surface area contributed by atoms with Crippen molar-refractivity contribution in [2.24, 2.45) is 0 Å². The molecule has 21 heavy (non-hydrogen) atoms. The Balaban J connectivity index is 2.23. The molecule has 2 heterocycles. The van der Waals surface area contributed by atoms with E-state index >= 15 is 0 Å². The van der Waals surface area contributed by atoms with Crippen molar-refractivity contribution in [3.05, 3.63) is 44.8 Å².